The Morgan fingerprint density at radius 1 is 1.00 bits per heavy atom. The Balaban J connectivity index is 1.46. The summed E-state index contributed by atoms with van der Waals surface area (Å²) in [4.78, 5) is 29.9. The summed E-state index contributed by atoms with van der Waals surface area (Å²) in [6.07, 6.45) is 0. The third-order valence-corrected chi connectivity index (χ3v) is 4.55. The van der Waals surface area contributed by atoms with Gasteiger partial charge in [0.2, 0.25) is 5.91 Å². The molecule has 0 unspecified atom stereocenters. The van der Waals surface area contributed by atoms with Gasteiger partial charge in [0.05, 0.1) is 25.4 Å². The molecule has 0 bridgehead atoms. The molecule has 2 aliphatic rings. The van der Waals surface area contributed by atoms with Crippen LogP contribution in [-0.2, 0) is 9.53 Å². The Kier molecular flexibility index (Phi) is 6.00. The van der Waals surface area contributed by atoms with Gasteiger partial charge in [0, 0.05) is 45.3 Å². The van der Waals surface area contributed by atoms with Gasteiger partial charge in [-0.25, -0.2) is 13.6 Å². The van der Waals surface area contributed by atoms with Crippen LogP contribution in [0.2, 0.25) is 0 Å². The van der Waals surface area contributed by atoms with Crippen molar-refractivity contribution in [3.8, 4) is 0 Å². The first-order chi connectivity index (χ1) is 12.5. The highest BCUT2D eigenvalue weighted by Gasteiger charge is 2.26. The lowest BCUT2D eigenvalue weighted by molar-refractivity contribution is -0.134. The molecule has 7 nitrogen and oxygen atoms in total. The quantitative estimate of drug-likeness (QED) is 0.864. The molecule has 2 fully saturated rings. The summed E-state index contributed by atoms with van der Waals surface area (Å²) in [5, 5.41) is 2.44. The van der Waals surface area contributed by atoms with E-state index in [1.165, 1.54) is 11.0 Å². The van der Waals surface area contributed by atoms with Crippen LogP contribution in [0.25, 0.3) is 0 Å². The van der Waals surface area contributed by atoms with Crippen LogP contribution in [0.15, 0.2) is 18.2 Å². The number of hydrogen-bond donors (Lipinski definition) is 1. The number of ether oxygens (including phenoxy) is 1. The minimum atomic E-state index is -0.822. The van der Waals surface area contributed by atoms with E-state index >= 15 is 0 Å². The molecule has 2 aliphatic heterocycles. The first-order valence-corrected chi connectivity index (χ1v) is 8.62. The van der Waals surface area contributed by atoms with Crippen molar-refractivity contribution in [1.29, 1.82) is 0 Å². The minimum absolute atomic E-state index is 0.0385. The number of benzene rings is 1. The second-order valence-corrected chi connectivity index (χ2v) is 6.31. The summed E-state index contributed by atoms with van der Waals surface area (Å²) < 4.78 is 31.8. The van der Waals surface area contributed by atoms with Crippen molar-refractivity contribution in [3.05, 3.63) is 29.8 Å². The zero-order chi connectivity index (χ0) is 18.5. The number of carbonyl (C=O) groups excluding carboxylic acids is 2. The second kappa shape index (κ2) is 8.41. The van der Waals surface area contributed by atoms with E-state index < -0.39 is 17.7 Å². The molecule has 1 aromatic carbocycles. The predicted molar refractivity (Wildman–Crippen MR) is 90.8 cm³/mol. The van der Waals surface area contributed by atoms with Gasteiger partial charge in [-0.2, -0.15) is 0 Å². The molecular weight excluding hydrogens is 346 g/mol. The summed E-state index contributed by atoms with van der Waals surface area (Å²) in [6, 6.07) is 2.53. The molecule has 9 heteroatoms. The molecule has 26 heavy (non-hydrogen) atoms. The van der Waals surface area contributed by atoms with Crippen LogP contribution in [0.4, 0.5) is 19.3 Å². The molecule has 3 amide bonds. The van der Waals surface area contributed by atoms with E-state index in [1.807, 2.05) is 0 Å². The SMILES string of the molecule is O=C(CN1CCOCC1)N1CCN(C(=O)Nc2ccc(F)cc2F)CC1. The Morgan fingerprint density at radius 2 is 1.65 bits per heavy atom. The van der Waals surface area contributed by atoms with Crippen LogP contribution in [-0.4, -0.2) is 85.7 Å². The second-order valence-electron chi connectivity index (χ2n) is 6.31. The number of amides is 3. The highest BCUT2D eigenvalue weighted by atomic mass is 19.1. The van der Waals surface area contributed by atoms with E-state index in [0.29, 0.717) is 45.9 Å². The molecular formula is C17H22F2N4O3. The predicted octanol–water partition coefficient (Wildman–Crippen LogP) is 0.973. The van der Waals surface area contributed by atoms with E-state index in [4.69, 9.17) is 4.74 Å². The molecule has 0 spiro atoms. The largest absolute Gasteiger partial charge is 0.379 e. The van der Waals surface area contributed by atoms with Crippen molar-refractivity contribution < 1.29 is 23.1 Å². The Hall–Kier alpha value is -2.26. The third-order valence-electron chi connectivity index (χ3n) is 4.55. The summed E-state index contributed by atoms with van der Waals surface area (Å²) in [7, 11) is 0. The number of morpholine rings is 1. The van der Waals surface area contributed by atoms with Crippen molar-refractivity contribution in [2.24, 2.45) is 0 Å². The van der Waals surface area contributed by atoms with E-state index in [2.05, 4.69) is 10.2 Å². The van der Waals surface area contributed by atoms with Gasteiger partial charge in [0.25, 0.3) is 0 Å². The van der Waals surface area contributed by atoms with E-state index in [-0.39, 0.29) is 11.6 Å². The summed E-state index contributed by atoms with van der Waals surface area (Å²) >= 11 is 0. The molecule has 0 radical (unpaired) electrons. The number of urea groups is 1. The van der Waals surface area contributed by atoms with Crippen LogP contribution in [0.5, 0.6) is 0 Å². The summed E-state index contributed by atoms with van der Waals surface area (Å²) in [6.45, 7) is 4.73. The fourth-order valence-electron chi connectivity index (χ4n) is 2.99. The minimum Gasteiger partial charge on any atom is -0.379 e. The molecule has 0 saturated carbocycles. The Labute approximate surface area is 150 Å². The molecule has 142 valence electrons. The molecule has 1 aromatic rings. The van der Waals surface area contributed by atoms with Gasteiger partial charge in [0.1, 0.15) is 11.6 Å². The molecule has 0 aromatic heterocycles. The average Bonchev–Trinajstić information content (AvgIpc) is 2.65. The number of halogens is 2. The van der Waals surface area contributed by atoms with Crippen molar-refractivity contribution in [2.45, 2.75) is 0 Å². The molecule has 2 heterocycles. The lowest BCUT2D eigenvalue weighted by Gasteiger charge is -2.36. The van der Waals surface area contributed by atoms with Gasteiger partial charge in [-0.1, -0.05) is 0 Å². The van der Waals surface area contributed by atoms with E-state index in [9.17, 15) is 18.4 Å². The van der Waals surface area contributed by atoms with Crippen molar-refractivity contribution >= 4 is 17.6 Å². The number of nitrogens with one attached hydrogen (secondary N) is 1. The number of anilines is 1. The van der Waals surface area contributed by atoms with Gasteiger partial charge < -0.3 is 19.9 Å². The van der Waals surface area contributed by atoms with Gasteiger partial charge in [-0.3, -0.25) is 9.69 Å². The maximum atomic E-state index is 13.6. The number of carbonyl (C=O) groups is 2. The van der Waals surface area contributed by atoms with Gasteiger partial charge in [-0.15, -0.1) is 0 Å². The standard InChI is InChI=1S/C17H22F2N4O3/c18-13-1-2-15(14(19)11-13)20-17(25)23-5-3-22(4-6-23)16(24)12-21-7-9-26-10-8-21/h1-2,11H,3-10,12H2,(H,20,25). The van der Waals surface area contributed by atoms with Crippen LogP contribution in [0.3, 0.4) is 0 Å². The first kappa shape index (κ1) is 18.5. The molecule has 3 rings (SSSR count). The maximum Gasteiger partial charge on any atom is 0.322 e. The normalized spacial score (nSPS) is 18.7. The fraction of sp³-hybridized carbons (Fsp3) is 0.529. The number of piperazine rings is 1. The topological polar surface area (TPSA) is 65.1 Å². The number of nitrogens with zero attached hydrogens (tertiary/aromatic N) is 3. The lowest BCUT2D eigenvalue weighted by atomic mass is 10.3. The monoisotopic (exact) mass is 368 g/mol. The van der Waals surface area contributed by atoms with Crippen LogP contribution < -0.4 is 5.32 Å². The van der Waals surface area contributed by atoms with Gasteiger partial charge in [-0.05, 0) is 12.1 Å². The lowest BCUT2D eigenvalue weighted by Crippen LogP contribution is -2.54. The zero-order valence-corrected chi connectivity index (χ0v) is 14.4. The Bertz CT molecular complexity index is 659. The fourth-order valence-corrected chi connectivity index (χ4v) is 2.99. The van der Waals surface area contributed by atoms with E-state index in [1.54, 1.807) is 4.90 Å². The van der Waals surface area contributed by atoms with Crippen molar-refractivity contribution in [1.82, 2.24) is 14.7 Å². The smallest absolute Gasteiger partial charge is 0.322 e. The molecule has 2 saturated heterocycles. The summed E-state index contributed by atoms with van der Waals surface area (Å²) in [5.74, 6) is -1.48. The van der Waals surface area contributed by atoms with E-state index in [0.717, 1.165) is 25.2 Å². The van der Waals surface area contributed by atoms with Crippen LogP contribution >= 0.6 is 0 Å². The number of rotatable bonds is 3. The molecule has 0 atom stereocenters. The van der Waals surface area contributed by atoms with Gasteiger partial charge >= 0.3 is 6.03 Å². The average molecular weight is 368 g/mol. The van der Waals surface area contributed by atoms with Crippen molar-refractivity contribution in [3.63, 3.8) is 0 Å². The Morgan fingerprint density at radius 3 is 2.31 bits per heavy atom. The third kappa shape index (κ3) is 4.67. The van der Waals surface area contributed by atoms with Crippen LogP contribution in [0.1, 0.15) is 0 Å². The highest BCUT2D eigenvalue weighted by Crippen LogP contribution is 2.16. The highest BCUT2D eigenvalue weighted by molar-refractivity contribution is 5.89. The first-order valence-electron chi connectivity index (χ1n) is 8.62. The van der Waals surface area contributed by atoms with Crippen LogP contribution in [0, 0.1) is 11.6 Å². The zero-order valence-electron chi connectivity index (χ0n) is 14.4. The van der Waals surface area contributed by atoms with Crippen molar-refractivity contribution in [2.75, 3.05) is 64.3 Å². The van der Waals surface area contributed by atoms with Gasteiger partial charge in [0.15, 0.2) is 0 Å². The summed E-state index contributed by atoms with van der Waals surface area (Å²) in [5.41, 5.74) is -0.0674. The molecule has 1 N–H and O–H groups in total. The maximum absolute atomic E-state index is 13.6. The number of hydrogen-bond acceptors (Lipinski definition) is 4. The molecule has 0 aliphatic carbocycles.